The second-order valence-electron chi connectivity index (χ2n) is 6.63. The van der Waals surface area contributed by atoms with Gasteiger partial charge in [0, 0.05) is 11.6 Å². The molecule has 1 amide bonds. The molecule has 2 aromatic carbocycles. The van der Waals surface area contributed by atoms with E-state index in [-0.39, 0.29) is 22.5 Å². The number of hydrogen-bond donors (Lipinski definition) is 2. The molecule has 9 heteroatoms. The number of halogens is 1. The summed E-state index contributed by atoms with van der Waals surface area (Å²) in [5.74, 6) is 0.999. The van der Waals surface area contributed by atoms with E-state index in [1.807, 2.05) is 6.92 Å². The molecule has 7 nitrogen and oxygen atoms in total. The summed E-state index contributed by atoms with van der Waals surface area (Å²) < 4.78 is 39.4. The highest BCUT2D eigenvalue weighted by molar-refractivity contribution is 9.10. The van der Waals surface area contributed by atoms with Crippen molar-refractivity contribution in [1.29, 1.82) is 0 Å². The van der Waals surface area contributed by atoms with E-state index < -0.39 is 10.0 Å². The number of carbonyl (C=O) groups is 1. The van der Waals surface area contributed by atoms with Crippen LogP contribution >= 0.6 is 15.9 Å². The molecule has 0 radical (unpaired) electrons. The molecule has 3 rings (SSSR count). The molecule has 0 aromatic heterocycles. The van der Waals surface area contributed by atoms with Crippen molar-refractivity contribution in [2.24, 2.45) is 11.8 Å². The Hall–Kier alpha value is -2.26. The van der Waals surface area contributed by atoms with Crippen molar-refractivity contribution in [1.82, 2.24) is 0 Å². The molecule has 0 unspecified atom stereocenters. The number of amides is 1. The fourth-order valence-electron chi connectivity index (χ4n) is 2.83. The normalized spacial score (nSPS) is 18.3. The summed E-state index contributed by atoms with van der Waals surface area (Å²) in [5, 5.41) is 2.78. The van der Waals surface area contributed by atoms with Gasteiger partial charge in [0.05, 0.1) is 24.4 Å². The summed E-state index contributed by atoms with van der Waals surface area (Å²) in [6, 6.07) is 9.37. The predicted octanol–water partition coefficient (Wildman–Crippen LogP) is 3.86. The van der Waals surface area contributed by atoms with Gasteiger partial charge in [-0.1, -0.05) is 6.92 Å². The molecule has 0 bridgehead atoms. The molecule has 0 heterocycles. The molecule has 2 N–H and O–H groups in total. The first-order valence-corrected chi connectivity index (χ1v) is 10.9. The van der Waals surface area contributed by atoms with Gasteiger partial charge in [0.2, 0.25) is 5.91 Å². The van der Waals surface area contributed by atoms with Gasteiger partial charge in [-0.25, -0.2) is 8.42 Å². The van der Waals surface area contributed by atoms with Crippen molar-refractivity contribution in [2.75, 3.05) is 24.3 Å². The number of sulfonamides is 1. The van der Waals surface area contributed by atoms with Gasteiger partial charge in [-0.3, -0.25) is 9.52 Å². The lowest BCUT2D eigenvalue weighted by molar-refractivity contribution is -0.117. The van der Waals surface area contributed by atoms with Crippen molar-refractivity contribution < 1.29 is 22.7 Å². The Morgan fingerprint density at radius 2 is 1.68 bits per heavy atom. The first-order valence-electron chi connectivity index (χ1n) is 8.60. The number of methoxy groups -OCH3 is 2. The molecular formula is C19H21BrN2O5S. The molecule has 28 heavy (non-hydrogen) atoms. The number of rotatable bonds is 7. The van der Waals surface area contributed by atoms with E-state index in [4.69, 9.17) is 9.47 Å². The van der Waals surface area contributed by atoms with E-state index in [1.54, 1.807) is 24.3 Å². The minimum absolute atomic E-state index is 0.0167. The number of nitrogens with one attached hydrogen (secondary N) is 2. The average Bonchev–Trinajstić information content (AvgIpc) is 3.38. The second-order valence-corrected chi connectivity index (χ2v) is 9.13. The summed E-state index contributed by atoms with van der Waals surface area (Å²) in [6.07, 6.45) is 0.848. The number of anilines is 2. The van der Waals surface area contributed by atoms with Crippen LogP contribution < -0.4 is 19.5 Å². The SMILES string of the molecule is COc1ccc(NS(=O)(=O)c2cc(NC(=O)[C@@H]3C[C@@H]3C)ccc2OC)cc1Br. The lowest BCUT2D eigenvalue weighted by Gasteiger charge is -2.14. The maximum atomic E-state index is 12.9. The van der Waals surface area contributed by atoms with E-state index in [9.17, 15) is 13.2 Å². The molecule has 0 spiro atoms. The first-order chi connectivity index (χ1) is 13.2. The van der Waals surface area contributed by atoms with Gasteiger partial charge in [-0.05, 0) is 64.7 Å². The van der Waals surface area contributed by atoms with Gasteiger partial charge in [-0.15, -0.1) is 0 Å². The summed E-state index contributed by atoms with van der Waals surface area (Å²) in [5.41, 5.74) is 0.761. The van der Waals surface area contributed by atoms with E-state index in [2.05, 4.69) is 26.0 Å². The average molecular weight is 469 g/mol. The molecule has 150 valence electrons. The Balaban J connectivity index is 1.87. The standard InChI is InChI=1S/C19H21BrN2O5S/c1-11-8-14(11)19(23)21-12-4-7-17(27-3)18(10-12)28(24,25)22-13-5-6-16(26-2)15(20)9-13/h4-7,9-11,14,22H,8H2,1-3H3,(H,21,23)/t11-,14+/m0/s1. The minimum Gasteiger partial charge on any atom is -0.496 e. The van der Waals surface area contributed by atoms with Gasteiger partial charge < -0.3 is 14.8 Å². The van der Waals surface area contributed by atoms with Crippen LogP contribution in [0.25, 0.3) is 0 Å². The number of hydrogen-bond acceptors (Lipinski definition) is 5. The van der Waals surface area contributed by atoms with Crippen LogP contribution in [0.5, 0.6) is 11.5 Å². The van der Waals surface area contributed by atoms with Gasteiger partial charge in [0.15, 0.2) is 0 Å². The third kappa shape index (κ3) is 4.41. The zero-order valence-corrected chi connectivity index (χ0v) is 18.1. The van der Waals surface area contributed by atoms with E-state index in [0.717, 1.165) is 6.42 Å². The van der Waals surface area contributed by atoms with Crippen LogP contribution in [0.15, 0.2) is 45.8 Å². The zero-order chi connectivity index (χ0) is 20.5. The molecular weight excluding hydrogens is 448 g/mol. The Morgan fingerprint density at radius 1 is 1.07 bits per heavy atom. The lowest BCUT2D eigenvalue weighted by Crippen LogP contribution is -2.17. The number of benzene rings is 2. The smallest absolute Gasteiger partial charge is 0.265 e. The summed E-state index contributed by atoms with van der Waals surface area (Å²) in [7, 11) is -1.04. The Morgan fingerprint density at radius 3 is 2.25 bits per heavy atom. The molecule has 1 aliphatic rings. The largest absolute Gasteiger partial charge is 0.496 e. The highest BCUT2D eigenvalue weighted by Gasteiger charge is 2.39. The maximum absolute atomic E-state index is 12.9. The maximum Gasteiger partial charge on any atom is 0.265 e. The molecule has 0 saturated heterocycles. The second kappa shape index (κ2) is 8.00. The molecule has 2 atom stereocenters. The van der Waals surface area contributed by atoms with Crippen LogP contribution in [0.2, 0.25) is 0 Å². The van der Waals surface area contributed by atoms with E-state index >= 15 is 0 Å². The van der Waals surface area contributed by atoms with Crippen LogP contribution in [0.3, 0.4) is 0 Å². The van der Waals surface area contributed by atoms with Crippen LogP contribution in [-0.2, 0) is 14.8 Å². The Bertz CT molecular complexity index is 1010. The topological polar surface area (TPSA) is 93.7 Å². The zero-order valence-electron chi connectivity index (χ0n) is 15.7. The van der Waals surface area contributed by atoms with Crippen molar-refractivity contribution >= 4 is 43.2 Å². The summed E-state index contributed by atoms with van der Waals surface area (Å²) >= 11 is 3.33. The molecule has 1 fully saturated rings. The third-order valence-corrected chi connectivity index (χ3v) is 6.59. The Kier molecular flexibility index (Phi) is 5.85. The highest BCUT2D eigenvalue weighted by atomic mass is 79.9. The highest BCUT2D eigenvalue weighted by Crippen LogP contribution is 2.39. The molecule has 1 aliphatic carbocycles. The molecule has 0 aliphatic heterocycles. The quantitative estimate of drug-likeness (QED) is 0.643. The van der Waals surface area contributed by atoms with Gasteiger partial charge in [0.25, 0.3) is 10.0 Å². The van der Waals surface area contributed by atoms with Crippen molar-refractivity contribution in [3.63, 3.8) is 0 Å². The van der Waals surface area contributed by atoms with Crippen molar-refractivity contribution in [3.05, 3.63) is 40.9 Å². The fourth-order valence-corrected chi connectivity index (χ4v) is 4.61. The number of ether oxygens (including phenoxy) is 2. The van der Waals surface area contributed by atoms with Crippen LogP contribution in [0, 0.1) is 11.8 Å². The molecule has 2 aromatic rings. The van der Waals surface area contributed by atoms with Crippen LogP contribution in [0.4, 0.5) is 11.4 Å². The third-order valence-electron chi connectivity index (χ3n) is 4.57. The van der Waals surface area contributed by atoms with E-state index in [0.29, 0.717) is 27.5 Å². The number of carbonyl (C=O) groups excluding carboxylic acids is 1. The van der Waals surface area contributed by atoms with Gasteiger partial charge in [-0.2, -0.15) is 0 Å². The summed E-state index contributed by atoms with van der Waals surface area (Å²) in [6.45, 7) is 2.01. The molecule has 1 saturated carbocycles. The van der Waals surface area contributed by atoms with Gasteiger partial charge >= 0.3 is 0 Å². The first kappa shape index (κ1) is 20.5. The van der Waals surface area contributed by atoms with E-state index in [1.165, 1.54) is 26.4 Å². The minimum atomic E-state index is -3.95. The fraction of sp³-hybridized carbons (Fsp3) is 0.316. The predicted molar refractivity (Wildman–Crippen MR) is 110 cm³/mol. The summed E-state index contributed by atoms with van der Waals surface area (Å²) in [4.78, 5) is 12.1. The lowest BCUT2D eigenvalue weighted by atomic mass is 10.2. The Labute approximate surface area is 172 Å². The van der Waals surface area contributed by atoms with Gasteiger partial charge in [0.1, 0.15) is 16.4 Å². The van der Waals surface area contributed by atoms with Crippen molar-refractivity contribution in [2.45, 2.75) is 18.2 Å². The van der Waals surface area contributed by atoms with Crippen molar-refractivity contribution in [3.8, 4) is 11.5 Å². The van der Waals surface area contributed by atoms with Crippen LogP contribution in [-0.4, -0.2) is 28.5 Å². The monoisotopic (exact) mass is 468 g/mol. The van der Waals surface area contributed by atoms with Crippen LogP contribution in [0.1, 0.15) is 13.3 Å².